The maximum atomic E-state index is 12.8. The van der Waals surface area contributed by atoms with E-state index in [4.69, 9.17) is 14.2 Å². The fourth-order valence-electron chi connectivity index (χ4n) is 6.19. The summed E-state index contributed by atoms with van der Waals surface area (Å²) in [6.45, 7) is 6.26. The van der Waals surface area contributed by atoms with E-state index in [-0.39, 0.29) is 31.1 Å². The van der Waals surface area contributed by atoms with Gasteiger partial charge in [-0.3, -0.25) is 14.4 Å². The van der Waals surface area contributed by atoms with Crippen LogP contribution in [-0.4, -0.2) is 37.2 Å². The first-order valence-corrected chi connectivity index (χ1v) is 24.6. The summed E-state index contributed by atoms with van der Waals surface area (Å²) < 4.78 is 16.7. The Morgan fingerprint density at radius 1 is 0.355 bits per heavy atom. The van der Waals surface area contributed by atoms with E-state index in [9.17, 15) is 14.4 Å². The molecule has 0 aliphatic heterocycles. The predicted molar refractivity (Wildman–Crippen MR) is 265 cm³/mol. The molecular weight excluding hydrogens is 769 g/mol. The van der Waals surface area contributed by atoms with Gasteiger partial charge in [-0.05, 0) is 96.3 Å². The van der Waals surface area contributed by atoms with E-state index >= 15 is 0 Å². The molecule has 1 unspecified atom stereocenters. The molecule has 0 heterocycles. The van der Waals surface area contributed by atoms with Crippen molar-refractivity contribution in [2.24, 2.45) is 0 Å². The summed E-state index contributed by atoms with van der Waals surface area (Å²) in [4.78, 5) is 37.9. The van der Waals surface area contributed by atoms with E-state index in [1.165, 1.54) is 64.2 Å². The second kappa shape index (κ2) is 49.5. The summed E-state index contributed by atoms with van der Waals surface area (Å²) in [5.41, 5.74) is 0. The molecule has 0 aliphatic rings. The molecule has 0 bridgehead atoms. The topological polar surface area (TPSA) is 78.9 Å². The van der Waals surface area contributed by atoms with Crippen LogP contribution in [0.4, 0.5) is 0 Å². The third-order valence-electron chi connectivity index (χ3n) is 9.84. The van der Waals surface area contributed by atoms with Crippen LogP contribution in [-0.2, 0) is 28.6 Å². The molecule has 0 aliphatic carbocycles. The molecule has 62 heavy (non-hydrogen) atoms. The standard InChI is InChI=1S/C56H88O6/c1-4-7-10-13-16-19-22-25-27-28-30-31-34-37-40-43-46-49-55(58)61-52-53(51-60-54(57)48-45-42-39-36-33-24-21-18-15-12-9-6-3)62-56(59)50-47-44-41-38-35-32-29-26-23-20-17-14-11-8-5-2/h7,9-10,12-13,16,18-23,25,27-28,30-31,33-34,36,53H,4-6,8,11,14-15,17,24,26,29,32,35,37-52H2,1-3H3/b10-7-,12-9-,16-13-,21-18-,22-19-,23-20-,27-25-,30-28+,34-31-,36-33-. The van der Waals surface area contributed by atoms with Crippen LogP contribution in [0.5, 0.6) is 0 Å². The first-order valence-electron chi connectivity index (χ1n) is 24.6. The number of ether oxygens (including phenoxy) is 3. The van der Waals surface area contributed by atoms with Gasteiger partial charge in [0.1, 0.15) is 13.2 Å². The van der Waals surface area contributed by atoms with Crippen LogP contribution >= 0.6 is 0 Å². The monoisotopic (exact) mass is 857 g/mol. The lowest BCUT2D eigenvalue weighted by atomic mass is 10.1. The van der Waals surface area contributed by atoms with E-state index in [1.54, 1.807) is 0 Å². The van der Waals surface area contributed by atoms with Gasteiger partial charge in [-0.2, -0.15) is 0 Å². The van der Waals surface area contributed by atoms with Crippen LogP contribution in [0, 0.1) is 0 Å². The lowest BCUT2D eigenvalue weighted by Crippen LogP contribution is -2.30. The van der Waals surface area contributed by atoms with Crippen molar-refractivity contribution in [3.8, 4) is 0 Å². The molecule has 0 saturated carbocycles. The van der Waals surface area contributed by atoms with Crippen LogP contribution in [0.3, 0.4) is 0 Å². The zero-order chi connectivity index (χ0) is 45.1. The van der Waals surface area contributed by atoms with Gasteiger partial charge in [0.15, 0.2) is 6.10 Å². The van der Waals surface area contributed by atoms with E-state index in [0.717, 1.165) is 83.5 Å². The Balaban J connectivity index is 4.55. The van der Waals surface area contributed by atoms with E-state index in [0.29, 0.717) is 25.7 Å². The average Bonchev–Trinajstić information content (AvgIpc) is 3.27. The van der Waals surface area contributed by atoms with Gasteiger partial charge in [-0.25, -0.2) is 0 Å². The van der Waals surface area contributed by atoms with E-state index < -0.39 is 6.10 Å². The maximum Gasteiger partial charge on any atom is 0.306 e. The molecule has 6 nitrogen and oxygen atoms in total. The molecule has 0 amide bonds. The number of carbonyl (C=O) groups excluding carboxylic acids is 3. The van der Waals surface area contributed by atoms with Crippen LogP contribution in [0.1, 0.15) is 194 Å². The summed E-state index contributed by atoms with van der Waals surface area (Å²) >= 11 is 0. The highest BCUT2D eigenvalue weighted by Crippen LogP contribution is 2.13. The van der Waals surface area contributed by atoms with Crippen molar-refractivity contribution in [1.82, 2.24) is 0 Å². The molecular formula is C56H88O6. The Kier molecular flexibility index (Phi) is 46.1. The highest BCUT2D eigenvalue weighted by molar-refractivity contribution is 5.71. The molecule has 348 valence electrons. The largest absolute Gasteiger partial charge is 0.462 e. The van der Waals surface area contributed by atoms with Gasteiger partial charge < -0.3 is 14.2 Å². The number of hydrogen-bond donors (Lipinski definition) is 0. The molecule has 0 saturated heterocycles. The summed E-state index contributed by atoms with van der Waals surface area (Å²) in [6.07, 6.45) is 67.5. The number of unbranched alkanes of at least 4 members (excludes halogenated alkanes) is 16. The van der Waals surface area contributed by atoms with Crippen molar-refractivity contribution >= 4 is 17.9 Å². The van der Waals surface area contributed by atoms with Gasteiger partial charge in [0.05, 0.1) is 0 Å². The van der Waals surface area contributed by atoms with Crippen molar-refractivity contribution in [1.29, 1.82) is 0 Å². The summed E-state index contributed by atoms with van der Waals surface area (Å²) in [7, 11) is 0. The number of esters is 3. The van der Waals surface area contributed by atoms with Gasteiger partial charge in [-0.1, -0.05) is 200 Å². The first kappa shape index (κ1) is 57.8. The Bertz CT molecular complexity index is 1350. The smallest absolute Gasteiger partial charge is 0.306 e. The molecule has 0 spiro atoms. The van der Waals surface area contributed by atoms with Crippen LogP contribution in [0.2, 0.25) is 0 Å². The van der Waals surface area contributed by atoms with Crippen LogP contribution < -0.4 is 0 Å². The molecule has 6 heteroatoms. The molecule has 0 aromatic rings. The number of allylic oxidation sites excluding steroid dienone is 20. The second-order valence-corrected chi connectivity index (χ2v) is 15.8. The SMILES string of the molecule is CC\C=C/C=C\C=C/C=C\C=C\C=C/CCCCCC(=O)OCC(COC(=O)CCCC/C=C\C/C=C\C/C=C\CC)OC(=O)CCCCCCCCC/C=C\CCCCCC. The molecule has 0 aromatic carbocycles. The summed E-state index contributed by atoms with van der Waals surface area (Å²) in [6, 6.07) is 0. The van der Waals surface area contributed by atoms with E-state index in [1.807, 2.05) is 60.8 Å². The van der Waals surface area contributed by atoms with Gasteiger partial charge in [0.25, 0.3) is 0 Å². The minimum atomic E-state index is -0.817. The van der Waals surface area contributed by atoms with E-state index in [2.05, 4.69) is 81.5 Å². The van der Waals surface area contributed by atoms with Crippen molar-refractivity contribution in [2.75, 3.05) is 13.2 Å². The van der Waals surface area contributed by atoms with Gasteiger partial charge in [-0.15, -0.1) is 0 Å². The van der Waals surface area contributed by atoms with Gasteiger partial charge >= 0.3 is 17.9 Å². The lowest BCUT2D eigenvalue weighted by molar-refractivity contribution is -0.167. The zero-order valence-corrected chi connectivity index (χ0v) is 39.6. The molecule has 0 N–H and O–H groups in total. The highest BCUT2D eigenvalue weighted by atomic mass is 16.6. The van der Waals surface area contributed by atoms with Crippen LogP contribution in [0.15, 0.2) is 122 Å². The normalized spacial score (nSPS) is 13.1. The molecule has 1 atom stereocenters. The third kappa shape index (κ3) is 46.9. The minimum absolute atomic E-state index is 0.118. The van der Waals surface area contributed by atoms with Crippen molar-refractivity contribution in [2.45, 2.75) is 200 Å². The van der Waals surface area contributed by atoms with Crippen molar-refractivity contribution < 1.29 is 28.6 Å². The minimum Gasteiger partial charge on any atom is -0.462 e. The molecule has 0 rings (SSSR count). The Morgan fingerprint density at radius 2 is 0.710 bits per heavy atom. The molecule has 0 fully saturated rings. The zero-order valence-electron chi connectivity index (χ0n) is 39.6. The number of carbonyl (C=O) groups is 3. The lowest BCUT2D eigenvalue weighted by Gasteiger charge is -2.18. The fraction of sp³-hybridized carbons (Fsp3) is 0.589. The van der Waals surface area contributed by atoms with Crippen molar-refractivity contribution in [3.05, 3.63) is 122 Å². The first-order chi connectivity index (χ1) is 30.5. The third-order valence-corrected chi connectivity index (χ3v) is 9.84. The number of hydrogen-bond acceptors (Lipinski definition) is 6. The van der Waals surface area contributed by atoms with Gasteiger partial charge in [0.2, 0.25) is 0 Å². The average molecular weight is 857 g/mol. The van der Waals surface area contributed by atoms with Crippen LogP contribution in [0.25, 0.3) is 0 Å². The quantitative estimate of drug-likeness (QED) is 0.0200. The Hall–Kier alpha value is -4.19. The molecule has 0 aromatic heterocycles. The van der Waals surface area contributed by atoms with Crippen molar-refractivity contribution in [3.63, 3.8) is 0 Å². The molecule has 0 radical (unpaired) electrons. The Morgan fingerprint density at radius 3 is 1.24 bits per heavy atom. The fourth-order valence-corrected chi connectivity index (χ4v) is 6.19. The summed E-state index contributed by atoms with van der Waals surface area (Å²) in [5.74, 6) is -1.01. The predicted octanol–water partition coefficient (Wildman–Crippen LogP) is 16.1. The Labute approximate surface area is 380 Å². The van der Waals surface area contributed by atoms with Gasteiger partial charge in [0, 0.05) is 19.3 Å². The second-order valence-electron chi connectivity index (χ2n) is 15.8. The maximum absolute atomic E-state index is 12.8. The summed E-state index contributed by atoms with van der Waals surface area (Å²) in [5, 5.41) is 0. The number of rotatable bonds is 42. The highest BCUT2D eigenvalue weighted by Gasteiger charge is 2.19.